The summed E-state index contributed by atoms with van der Waals surface area (Å²) in [5.74, 6) is 5.03. The van der Waals surface area contributed by atoms with Gasteiger partial charge in [-0.1, -0.05) is 76.8 Å². The van der Waals surface area contributed by atoms with E-state index in [-0.39, 0.29) is 42.4 Å². The summed E-state index contributed by atoms with van der Waals surface area (Å²) in [6.07, 6.45) is 3.32. The zero-order valence-electron chi connectivity index (χ0n) is 29.0. The van der Waals surface area contributed by atoms with Gasteiger partial charge in [-0.05, 0) is 55.7 Å². The van der Waals surface area contributed by atoms with Crippen molar-refractivity contribution in [2.75, 3.05) is 45.8 Å². The third-order valence-corrected chi connectivity index (χ3v) is 10.9. The average Bonchev–Trinajstić information content (AvgIpc) is 3.73. The molecule has 3 aromatic rings. The Kier molecular flexibility index (Phi) is 12.1. The van der Waals surface area contributed by atoms with Crippen molar-refractivity contribution < 1.29 is 19.3 Å². The highest BCUT2D eigenvalue weighted by Gasteiger charge is 2.46. The lowest BCUT2D eigenvalue weighted by atomic mass is 10.00. The quantitative estimate of drug-likeness (QED) is 0.161. The summed E-state index contributed by atoms with van der Waals surface area (Å²) < 4.78 is 0. The molecule has 51 heavy (non-hydrogen) atoms. The van der Waals surface area contributed by atoms with E-state index in [1.54, 1.807) is 18.3 Å². The number of aliphatic imine (C=N–C) groups is 1. The van der Waals surface area contributed by atoms with Crippen molar-refractivity contribution in [2.45, 2.75) is 57.3 Å². The zero-order chi connectivity index (χ0) is 36.1. The Labute approximate surface area is 309 Å². The van der Waals surface area contributed by atoms with E-state index in [4.69, 9.17) is 29.1 Å². The summed E-state index contributed by atoms with van der Waals surface area (Å²) >= 11 is 12.7. The van der Waals surface area contributed by atoms with E-state index in [2.05, 4.69) is 20.3 Å². The van der Waals surface area contributed by atoms with Gasteiger partial charge in [-0.25, -0.2) is 4.94 Å². The molecule has 2 bridgehead atoms. The Morgan fingerprint density at radius 2 is 1.71 bits per heavy atom. The molecule has 3 aromatic carbocycles. The van der Waals surface area contributed by atoms with Gasteiger partial charge in [-0.3, -0.25) is 24.3 Å². The van der Waals surface area contributed by atoms with Crippen LogP contribution in [0.4, 0.5) is 0 Å². The van der Waals surface area contributed by atoms with E-state index in [1.165, 1.54) is 0 Å². The summed E-state index contributed by atoms with van der Waals surface area (Å²) in [6.45, 7) is 7.35. The lowest BCUT2D eigenvalue weighted by Crippen LogP contribution is -2.54. The number of piperazine rings is 2. The molecule has 13 heteroatoms. The van der Waals surface area contributed by atoms with Crippen LogP contribution in [0.15, 0.2) is 71.7 Å². The van der Waals surface area contributed by atoms with Crippen LogP contribution in [0.2, 0.25) is 10.0 Å². The van der Waals surface area contributed by atoms with Crippen LogP contribution in [0, 0.1) is 13.8 Å². The minimum atomic E-state index is -0.555. The molecule has 3 N–H and O–H groups in total. The number of hydrogen-bond acceptors (Lipinski definition) is 8. The lowest BCUT2D eigenvalue weighted by Gasteiger charge is -2.42. The first kappa shape index (κ1) is 36.9. The second-order valence-electron chi connectivity index (χ2n) is 13.7. The normalized spacial score (nSPS) is 21.1. The largest absolute Gasteiger partial charge is 0.335 e. The average molecular weight is 735 g/mol. The molecule has 0 aliphatic carbocycles. The minimum absolute atomic E-state index is 0.00436. The topological polar surface area (TPSA) is 124 Å². The van der Waals surface area contributed by atoms with E-state index >= 15 is 0 Å². The predicted octanol–water partition coefficient (Wildman–Crippen LogP) is 4.39. The maximum Gasteiger partial charge on any atom is 0.254 e. The maximum atomic E-state index is 13.9. The molecule has 0 saturated carbocycles. The van der Waals surface area contributed by atoms with Crippen LogP contribution in [-0.4, -0.2) is 107 Å². The van der Waals surface area contributed by atoms with Crippen molar-refractivity contribution in [3.05, 3.63) is 105 Å². The van der Waals surface area contributed by atoms with Crippen LogP contribution >= 0.6 is 23.2 Å². The first-order chi connectivity index (χ1) is 24.6. The molecule has 3 fully saturated rings. The molecule has 11 nitrogen and oxygen atoms in total. The number of halogens is 2. The van der Waals surface area contributed by atoms with Crippen LogP contribution in [0.5, 0.6) is 0 Å². The summed E-state index contributed by atoms with van der Waals surface area (Å²) in [7, 11) is 0. The Bertz CT molecular complexity index is 1740. The van der Waals surface area contributed by atoms with Gasteiger partial charge in [0.25, 0.3) is 5.91 Å². The second-order valence-corrected chi connectivity index (χ2v) is 14.5. The highest BCUT2D eigenvalue weighted by molar-refractivity contribution is 6.42. The third kappa shape index (κ3) is 8.80. The third-order valence-electron chi connectivity index (χ3n) is 10.1. The summed E-state index contributed by atoms with van der Waals surface area (Å²) in [5, 5.41) is 0.842. The van der Waals surface area contributed by atoms with Crippen molar-refractivity contribution in [1.29, 1.82) is 0 Å². The molecule has 3 aliphatic heterocycles. The molecule has 0 radical (unpaired) electrons. The fraction of sp³-hybridized carbons (Fsp3) is 0.421. The molecule has 3 heterocycles. The number of nitrogens with zero attached hydrogens (tertiary/aromatic N) is 5. The summed E-state index contributed by atoms with van der Waals surface area (Å²) in [5.41, 5.74) is 7.11. The Balaban J connectivity index is 1.09. The standard InChI is InChI=1S/C38H45Cl2N7O4/c1-25-16-26(2)18-29(17-25)37(49)45-14-15-46(35(24-45)28-8-9-32(39)33(40)20-28)36(48)10-13-44-22-31-21-30(44)23-47(31)38(50)34(42-11-12-43-51-41)19-27-6-4-3-5-7-27/h3-9,11,16-18,20,30-31,34-35,43H,10,12-15,19,21-24,41H2,1-2H3/t30-,31-,34+,35-/m0/s1. The number of benzene rings is 3. The van der Waals surface area contributed by atoms with Crippen molar-refractivity contribution >= 4 is 47.1 Å². The fourth-order valence-corrected chi connectivity index (χ4v) is 8.03. The van der Waals surface area contributed by atoms with Gasteiger partial charge in [0.05, 0.1) is 22.6 Å². The van der Waals surface area contributed by atoms with E-state index in [0.717, 1.165) is 28.7 Å². The molecular weight excluding hydrogens is 689 g/mol. The number of amides is 3. The SMILES string of the molecule is Cc1cc(C)cc(C(=O)N2CCN(C(=O)CCN3C[C@@H]4C[C@H]3CN4C(=O)[C@@H](Cc3ccccc3)N=CCNON)[C@H](c3ccc(Cl)c(Cl)c3)C2)c1. The Morgan fingerprint density at radius 1 is 0.941 bits per heavy atom. The van der Waals surface area contributed by atoms with Gasteiger partial charge < -0.3 is 14.7 Å². The number of nitrogens with one attached hydrogen (secondary N) is 1. The maximum absolute atomic E-state index is 13.9. The smallest absolute Gasteiger partial charge is 0.254 e. The van der Waals surface area contributed by atoms with E-state index < -0.39 is 6.04 Å². The highest BCUT2D eigenvalue weighted by Crippen LogP contribution is 2.34. The molecule has 0 spiro atoms. The zero-order valence-corrected chi connectivity index (χ0v) is 30.5. The molecule has 0 unspecified atom stereocenters. The number of aryl methyl sites for hydroxylation is 2. The second kappa shape index (κ2) is 16.7. The van der Waals surface area contributed by atoms with Crippen LogP contribution in [0.3, 0.4) is 0 Å². The fourth-order valence-electron chi connectivity index (χ4n) is 7.73. The molecule has 3 saturated heterocycles. The van der Waals surface area contributed by atoms with Crippen LogP contribution < -0.4 is 11.4 Å². The molecule has 0 aromatic heterocycles. The van der Waals surface area contributed by atoms with Crippen LogP contribution in [-0.2, 0) is 20.9 Å². The van der Waals surface area contributed by atoms with Crippen molar-refractivity contribution in [1.82, 2.24) is 25.1 Å². The number of fused-ring (bicyclic) bond motifs is 2. The number of carbonyl (C=O) groups excluding carboxylic acids is 3. The first-order valence-corrected chi connectivity index (χ1v) is 18.2. The Hall–Kier alpha value is -3.84. The van der Waals surface area contributed by atoms with E-state index in [9.17, 15) is 14.4 Å². The Morgan fingerprint density at radius 3 is 2.39 bits per heavy atom. The minimum Gasteiger partial charge on any atom is -0.335 e. The van der Waals surface area contributed by atoms with Gasteiger partial charge in [0, 0.05) is 76.0 Å². The van der Waals surface area contributed by atoms with Gasteiger partial charge in [-0.2, -0.15) is 11.4 Å². The van der Waals surface area contributed by atoms with E-state index in [0.29, 0.717) is 67.7 Å². The molecular formula is C38H45Cl2N7O4. The molecule has 3 amide bonds. The van der Waals surface area contributed by atoms with Crippen LogP contribution in [0.25, 0.3) is 0 Å². The molecule has 6 rings (SSSR count). The number of carbonyl (C=O) groups is 3. The number of hydroxylamine groups is 1. The van der Waals surface area contributed by atoms with Gasteiger partial charge in [0.15, 0.2) is 0 Å². The lowest BCUT2D eigenvalue weighted by molar-refractivity contribution is -0.138. The van der Waals surface area contributed by atoms with E-state index in [1.807, 2.05) is 83.1 Å². The predicted molar refractivity (Wildman–Crippen MR) is 199 cm³/mol. The molecule has 3 aliphatic rings. The molecule has 270 valence electrons. The number of hydrogen-bond donors (Lipinski definition) is 2. The van der Waals surface area contributed by atoms with Gasteiger partial charge in [0.1, 0.15) is 6.04 Å². The highest BCUT2D eigenvalue weighted by atomic mass is 35.5. The summed E-state index contributed by atoms with van der Waals surface area (Å²) in [6, 6.07) is 20.5. The number of rotatable bonds is 12. The van der Waals surface area contributed by atoms with Crippen molar-refractivity contribution in [2.24, 2.45) is 10.9 Å². The van der Waals surface area contributed by atoms with Gasteiger partial charge in [0.2, 0.25) is 11.8 Å². The monoisotopic (exact) mass is 733 g/mol. The summed E-state index contributed by atoms with van der Waals surface area (Å²) in [4.78, 5) is 58.4. The van der Waals surface area contributed by atoms with Crippen molar-refractivity contribution in [3.8, 4) is 0 Å². The number of nitrogens with two attached hydrogens (primary N) is 1. The van der Waals surface area contributed by atoms with Gasteiger partial charge >= 0.3 is 0 Å². The first-order valence-electron chi connectivity index (χ1n) is 17.4. The molecule has 4 atom stereocenters. The van der Waals surface area contributed by atoms with Crippen LogP contribution in [0.1, 0.15) is 51.5 Å². The van der Waals surface area contributed by atoms with Gasteiger partial charge in [-0.15, -0.1) is 0 Å². The van der Waals surface area contributed by atoms with Crippen molar-refractivity contribution in [3.63, 3.8) is 0 Å². The number of likely N-dealkylation sites (tertiary alicyclic amines) is 2.